The zero-order valence-electron chi connectivity index (χ0n) is 12.2. The van der Waals surface area contributed by atoms with Gasteiger partial charge in [-0.15, -0.1) is 0 Å². The van der Waals surface area contributed by atoms with Gasteiger partial charge in [-0.1, -0.05) is 0 Å². The number of carbonyl (C=O) groups excluding carboxylic acids is 1. The number of primary amides is 1. The highest BCUT2D eigenvalue weighted by molar-refractivity contribution is 5.91. The largest absolute Gasteiger partial charge is 0.490 e. The summed E-state index contributed by atoms with van der Waals surface area (Å²) in [5.74, 6) is 0.789. The van der Waals surface area contributed by atoms with Crippen LogP contribution in [0, 0.1) is 0 Å². The molecule has 0 spiro atoms. The third-order valence-corrected chi connectivity index (χ3v) is 3.72. The molecule has 1 aromatic carbocycles. The van der Waals surface area contributed by atoms with Gasteiger partial charge >= 0.3 is 0 Å². The molecule has 1 heterocycles. The van der Waals surface area contributed by atoms with E-state index in [0.717, 1.165) is 24.2 Å². The van der Waals surface area contributed by atoms with Crippen molar-refractivity contribution in [3.63, 3.8) is 0 Å². The number of nitrogens with two attached hydrogens (primary N) is 2. The van der Waals surface area contributed by atoms with E-state index < -0.39 is 5.91 Å². The zero-order chi connectivity index (χ0) is 15.5. The average molecular weight is 298 g/mol. The molecule has 0 aliphatic heterocycles. The van der Waals surface area contributed by atoms with Crippen LogP contribution in [0.5, 0.6) is 5.75 Å². The zero-order valence-corrected chi connectivity index (χ0v) is 12.2. The minimum atomic E-state index is -0.628. The number of nitrogen functional groups attached to an aromatic ring is 1. The molecular formula is C16H18N4O2. The van der Waals surface area contributed by atoms with Crippen LogP contribution >= 0.6 is 0 Å². The summed E-state index contributed by atoms with van der Waals surface area (Å²) < 4.78 is 5.91. The third-order valence-electron chi connectivity index (χ3n) is 3.72. The molecule has 22 heavy (non-hydrogen) atoms. The molecule has 0 saturated heterocycles. The number of aromatic nitrogens is 2. The number of hydrogen-bond acceptors (Lipinski definition) is 5. The van der Waals surface area contributed by atoms with Crippen LogP contribution in [0.3, 0.4) is 0 Å². The lowest BCUT2D eigenvalue weighted by Gasteiger charge is -2.13. The Labute approximate surface area is 128 Å². The lowest BCUT2D eigenvalue weighted by Crippen LogP contribution is -2.14. The van der Waals surface area contributed by atoms with Crippen molar-refractivity contribution in [3.8, 4) is 17.1 Å². The molecule has 0 atom stereocenters. The van der Waals surface area contributed by atoms with Gasteiger partial charge in [-0.25, -0.2) is 9.97 Å². The molecule has 2 aromatic rings. The van der Waals surface area contributed by atoms with Crippen LogP contribution in [0.4, 0.5) is 5.82 Å². The van der Waals surface area contributed by atoms with E-state index in [-0.39, 0.29) is 11.5 Å². The first-order valence-corrected chi connectivity index (χ1v) is 7.33. The van der Waals surface area contributed by atoms with Crippen molar-refractivity contribution in [1.82, 2.24) is 9.97 Å². The number of ether oxygens (including phenoxy) is 1. The summed E-state index contributed by atoms with van der Waals surface area (Å²) in [5.41, 5.74) is 11.8. The average Bonchev–Trinajstić information content (AvgIpc) is 3.00. The van der Waals surface area contributed by atoms with Crippen LogP contribution in [-0.2, 0) is 0 Å². The van der Waals surface area contributed by atoms with Crippen molar-refractivity contribution in [2.75, 3.05) is 5.73 Å². The Hall–Kier alpha value is -2.63. The topological polar surface area (TPSA) is 104 Å². The highest BCUT2D eigenvalue weighted by atomic mass is 16.5. The monoisotopic (exact) mass is 298 g/mol. The number of anilines is 1. The van der Waals surface area contributed by atoms with Gasteiger partial charge in [0.05, 0.1) is 6.10 Å². The molecule has 1 amide bonds. The molecule has 0 radical (unpaired) electrons. The van der Waals surface area contributed by atoms with E-state index in [1.165, 1.54) is 18.9 Å². The lowest BCUT2D eigenvalue weighted by molar-refractivity contribution is 0.0995. The summed E-state index contributed by atoms with van der Waals surface area (Å²) in [6.07, 6.45) is 5.01. The number of hydrogen-bond donors (Lipinski definition) is 2. The Balaban J connectivity index is 1.81. The molecule has 3 rings (SSSR count). The fourth-order valence-electron chi connectivity index (χ4n) is 2.60. The van der Waals surface area contributed by atoms with Crippen molar-refractivity contribution in [3.05, 3.63) is 36.0 Å². The Morgan fingerprint density at radius 1 is 1.14 bits per heavy atom. The first kappa shape index (κ1) is 14.3. The van der Waals surface area contributed by atoms with Gasteiger partial charge in [0.2, 0.25) is 0 Å². The van der Waals surface area contributed by atoms with E-state index in [0.29, 0.717) is 11.9 Å². The van der Waals surface area contributed by atoms with Gasteiger partial charge in [0, 0.05) is 11.6 Å². The van der Waals surface area contributed by atoms with Gasteiger partial charge in [0.25, 0.3) is 5.91 Å². The van der Waals surface area contributed by atoms with Crippen molar-refractivity contribution >= 4 is 11.7 Å². The Morgan fingerprint density at radius 3 is 2.45 bits per heavy atom. The molecule has 1 saturated carbocycles. The summed E-state index contributed by atoms with van der Waals surface area (Å²) in [4.78, 5) is 19.5. The van der Waals surface area contributed by atoms with Gasteiger partial charge in [-0.3, -0.25) is 4.79 Å². The molecule has 1 aliphatic rings. The van der Waals surface area contributed by atoms with E-state index in [9.17, 15) is 4.79 Å². The summed E-state index contributed by atoms with van der Waals surface area (Å²) >= 11 is 0. The maximum absolute atomic E-state index is 11.2. The number of nitrogens with zero attached hydrogens (tertiary/aromatic N) is 2. The highest BCUT2D eigenvalue weighted by Gasteiger charge is 2.16. The number of benzene rings is 1. The molecule has 4 N–H and O–H groups in total. The predicted octanol–water partition coefficient (Wildman–Crippen LogP) is 2.15. The van der Waals surface area contributed by atoms with E-state index in [4.69, 9.17) is 16.2 Å². The van der Waals surface area contributed by atoms with Crippen LogP contribution in [0.2, 0.25) is 0 Å². The first-order chi connectivity index (χ1) is 10.6. The van der Waals surface area contributed by atoms with Crippen LogP contribution < -0.4 is 16.2 Å². The Bertz CT molecular complexity index is 679. The van der Waals surface area contributed by atoms with Gasteiger partial charge < -0.3 is 16.2 Å². The minimum absolute atomic E-state index is 0.105. The van der Waals surface area contributed by atoms with Crippen LogP contribution in [-0.4, -0.2) is 22.0 Å². The van der Waals surface area contributed by atoms with E-state index >= 15 is 0 Å². The fraction of sp³-hybridized carbons (Fsp3) is 0.312. The Kier molecular flexibility index (Phi) is 3.91. The minimum Gasteiger partial charge on any atom is -0.490 e. The fourth-order valence-corrected chi connectivity index (χ4v) is 2.60. The smallest absolute Gasteiger partial charge is 0.267 e. The molecule has 1 aliphatic carbocycles. The molecule has 114 valence electrons. The van der Waals surface area contributed by atoms with Crippen LogP contribution in [0.15, 0.2) is 30.3 Å². The summed E-state index contributed by atoms with van der Waals surface area (Å²) in [6.45, 7) is 0. The molecule has 0 unspecified atom stereocenters. The van der Waals surface area contributed by atoms with E-state index in [1.54, 1.807) is 0 Å². The molecule has 1 aromatic heterocycles. The Morgan fingerprint density at radius 2 is 1.82 bits per heavy atom. The van der Waals surface area contributed by atoms with Crippen LogP contribution in [0.25, 0.3) is 11.4 Å². The summed E-state index contributed by atoms with van der Waals surface area (Å²) in [5, 5.41) is 0. The quantitative estimate of drug-likeness (QED) is 0.900. The van der Waals surface area contributed by atoms with Crippen molar-refractivity contribution < 1.29 is 9.53 Å². The lowest BCUT2D eigenvalue weighted by atomic mass is 10.2. The SMILES string of the molecule is NC(=O)c1cc(N)nc(-c2ccc(OC3CCCC3)cc2)n1. The number of carbonyl (C=O) groups is 1. The predicted molar refractivity (Wildman–Crippen MR) is 83.3 cm³/mol. The third kappa shape index (κ3) is 3.16. The molecule has 0 bridgehead atoms. The van der Waals surface area contributed by atoms with Gasteiger partial charge in [-0.05, 0) is 49.9 Å². The van der Waals surface area contributed by atoms with Crippen molar-refractivity contribution in [2.45, 2.75) is 31.8 Å². The molecule has 1 fully saturated rings. The first-order valence-electron chi connectivity index (χ1n) is 7.33. The van der Waals surface area contributed by atoms with E-state index in [1.807, 2.05) is 24.3 Å². The van der Waals surface area contributed by atoms with Crippen LogP contribution in [0.1, 0.15) is 36.2 Å². The van der Waals surface area contributed by atoms with Gasteiger partial charge in [0.15, 0.2) is 5.82 Å². The molecular weight excluding hydrogens is 280 g/mol. The number of amides is 1. The maximum Gasteiger partial charge on any atom is 0.267 e. The van der Waals surface area contributed by atoms with Crippen molar-refractivity contribution in [2.24, 2.45) is 5.73 Å². The second-order valence-corrected chi connectivity index (χ2v) is 5.41. The number of rotatable bonds is 4. The molecule has 6 nitrogen and oxygen atoms in total. The maximum atomic E-state index is 11.2. The van der Waals surface area contributed by atoms with Gasteiger partial charge in [-0.2, -0.15) is 0 Å². The summed E-state index contributed by atoms with van der Waals surface area (Å²) in [7, 11) is 0. The highest BCUT2D eigenvalue weighted by Crippen LogP contribution is 2.26. The second-order valence-electron chi connectivity index (χ2n) is 5.41. The second kappa shape index (κ2) is 6.01. The summed E-state index contributed by atoms with van der Waals surface area (Å²) in [6, 6.07) is 8.82. The normalized spacial score (nSPS) is 14.9. The van der Waals surface area contributed by atoms with Gasteiger partial charge in [0.1, 0.15) is 17.3 Å². The van der Waals surface area contributed by atoms with E-state index in [2.05, 4.69) is 9.97 Å². The standard InChI is InChI=1S/C16H18N4O2/c17-14-9-13(15(18)21)19-16(20-14)10-5-7-12(8-6-10)22-11-3-1-2-4-11/h5-9,11H,1-4H2,(H2,18,21)(H2,17,19,20). The molecule has 6 heteroatoms. The van der Waals surface area contributed by atoms with Crippen molar-refractivity contribution in [1.29, 1.82) is 0 Å².